The van der Waals surface area contributed by atoms with E-state index < -0.39 is 0 Å². The topological polar surface area (TPSA) is 17.3 Å². The summed E-state index contributed by atoms with van der Waals surface area (Å²) in [6, 6.07) is 17.1. The number of aromatic nitrogens is 1. The van der Waals surface area contributed by atoms with E-state index >= 15 is 0 Å². The quantitative estimate of drug-likeness (QED) is 0.546. The summed E-state index contributed by atoms with van der Waals surface area (Å²) in [5.74, 6) is 0. The second-order valence-electron chi connectivity index (χ2n) is 6.55. The molecule has 1 heterocycles. The number of benzene rings is 2. The fraction of sp³-hybridized carbons (Fsp3) is 0.227. The SMILES string of the molecule is Cc1cc(C)cc(-n2c(C)cc(C=Nc3ccccc3C)c2C)c1. The van der Waals surface area contributed by atoms with E-state index in [-0.39, 0.29) is 0 Å². The Hall–Kier alpha value is -2.61. The molecule has 24 heavy (non-hydrogen) atoms. The predicted octanol–water partition coefficient (Wildman–Crippen LogP) is 5.77. The van der Waals surface area contributed by atoms with Crippen LogP contribution in [0.15, 0.2) is 53.5 Å². The number of para-hydroxylation sites is 1. The van der Waals surface area contributed by atoms with Gasteiger partial charge in [-0.2, -0.15) is 0 Å². The molecule has 0 fully saturated rings. The average Bonchev–Trinajstić information content (AvgIpc) is 2.79. The van der Waals surface area contributed by atoms with Gasteiger partial charge in [0, 0.05) is 28.9 Å². The molecule has 2 aromatic carbocycles. The van der Waals surface area contributed by atoms with Crippen LogP contribution < -0.4 is 0 Å². The second-order valence-corrected chi connectivity index (χ2v) is 6.55. The van der Waals surface area contributed by atoms with Gasteiger partial charge in [0.1, 0.15) is 0 Å². The highest BCUT2D eigenvalue weighted by atomic mass is 15.0. The van der Waals surface area contributed by atoms with Crippen molar-refractivity contribution in [3.8, 4) is 5.69 Å². The third-order valence-electron chi connectivity index (χ3n) is 4.39. The van der Waals surface area contributed by atoms with E-state index in [1.54, 1.807) is 0 Å². The van der Waals surface area contributed by atoms with Crippen molar-refractivity contribution < 1.29 is 0 Å². The van der Waals surface area contributed by atoms with E-state index in [0.29, 0.717) is 0 Å². The highest BCUT2D eigenvalue weighted by Gasteiger charge is 2.10. The monoisotopic (exact) mass is 316 g/mol. The van der Waals surface area contributed by atoms with Crippen molar-refractivity contribution in [2.75, 3.05) is 0 Å². The first-order valence-electron chi connectivity index (χ1n) is 8.33. The molecule has 3 aromatic rings. The average molecular weight is 316 g/mol. The van der Waals surface area contributed by atoms with Crippen LogP contribution in [0.5, 0.6) is 0 Å². The largest absolute Gasteiger partial charge is 0.318 e. The van der Waals surface area contributed by atoms with Crippen molar-refractivity contribution in [3.05, 3.63) is 82.2 Å². The third kappa shape index (κ3) is 3.18. The fourth-order valence-electron chi connectivity index (χ4n) is 3.24. The Balaban J connectivity index is 2.02. The first-order chi connectivity index (χ1) is 11.5. The summed E-state index contributed by atoms with van der Waals surface area (Å²) in [5.41, 5.74) is 9.61. The van der Waals surface area contributed by atoms with Gasteiger partial charge in [-0.1, -0.05) is 24.3 Å². The zero-order valence-electron chi connectivity index (χ0n) is 15.1. The van der Waals surface area contributed by atoms with Crippen molar-refractivity contribution in [2.24, 2.45) is 4.99 Å². The minimum atomic E-state index is 1.02. The molecule has 2 heteroatoms. The number of aryl methyl sites for hydroxylation is 4. The molecule has 2 nitrogen and oxygen atoms in total. The summed E-state index contributed by atoms with van der Waals surface area (Å²) in [5, 5.41) is 0. The molecule has 3 rings (SSSR count). The maximum atomic E-state index is 4.68. The Kier molecular flexibility index (Phi) is 4.39. The normalized spacial score (nSPS) is 11.4. The highest BCUT2D eigenvalue weighted by molar-refractivity contribution is 5.84. The maximum Gasteiger partial charge on any atom is 0.0659 e. The van der Waals surface area contributed by atoms with Gasteiger partial charge in [-0.15, -0.1) is 0 Å². The minimum absolute atomic E-state index is 1.02. The molecule has 0 amide bonds. The third-order valence-corrected chi connectivity index (χ3v) is 4.39. The van der Waals surface area contributed by atoms with E-state index in [1.165, 1.54) is 33.8 Å². The molecular formula is C22H24N2. The number of hydrogen-bond donors (Lipinski definition) is 0. The molecule has 0 spiro atoms. The zero-order chi connectivity index (χ0) is 17.3. The van der Waals surface area contributed by atoms with E-state index in [2.05, 4.69) is 80.6 Å². The first kappa shape index (κ1) is 16.3. The van der Waals surface area contributed by atoms with Gasteiger partial charge in [0.05, 0.1) is 5.69 Å². The highest BCUT2D eigenvalue weighted by Crippen LogP contribution is 2.23. The summed E-state index contributed by atoms with van der Waals surface area (Å²) in [7, 11) is 0. The van der Waals surface area contributed by atoms with E-state index in [4.69, 9.17) is 0 Å². The molecule has 0 aliphatic rings. The molecule has 0 unspecified atom stereocenters. The molecule has 0 bridgehead atoms. The Bertz CT molecular complexity index is 893. The van der Waals surface area contributed by atoms with Crippen LogP contribution in [-0.4, -0.2) is 10.8 Å². The van der Waals surface area contributed by atoms with Gasteiger partial charge in [0.15, 0.2) is 0 Å². The van der Waals surface area contributed by atoms with Gasteiger partial charge in [-0.25, -0.2) is 0 Å². The molecule has 0 saturated heterocycles. The predicted molar refractivity (Wildman–Crippen MR) is 103 cm³/mol. The maximum absolute atomic E-state index is 4.68. The lowest BCUT2D eigenvalue weighted by Gasteiger charge is -2.11. The van der Waals surface area contributed by atoms with Gasteiger partial charge in [0.25, 0.3) is 0 Å². The molecule has 0 saturated carbocycles. The van der Waals surface area contributed by atoms with Gasteiger partial charge in [-0.3, -0.25) is 4.99 Å². The van der Waals surface area contributed by atoms with Crippen molar-refractivity contribution in [3.63, 3.8) is 0 Å². The van der Waals surface area contributed by atoms with Crippen molar-refractivity contribution in [1.29, 1.82) is 0 Å². The molecule has 0 aliphatic heterocycles. The minimum Gasteiger partial charge on any atom is -0.318 e. The first-order valence-corrected chi connectivity index (χ1v) is 8.33. The lowest BCUT2D eigenvalue weighted by Crippen LogP contribution is -2.00. The van der Waals surface area contributed by atoms with Crippen LogP contribution in [0, 0.1) is 34.6 Å². The van der Waals surface area contributed by atoms with Crippen molar-refractivity contribution in [1.82, 2.24) is 4.57 Å². The van der Waals surface area contributed by atoms with Gasteiger partial charge >= 0.3 is 0 Å². The van der Waals surface area contributed by atoms with Crippen LogP contribution in [0.1, 0.15) is 33.6 Å². The molecule has 1 aromatic heterocycles. The smallest absolute Gasteiger partial charge is 0.0659 e. The molecular weight excluding hydrogens is 292 g/mol. The fourth-order valence-corrected chi connectivity index (χ4v) is 3.24. The molecule has 0 atom stereocenters. The van der Waals surface area contributed by atoms with Crippen molar-refractivity contribution >= 4 is 11.9 Å². The summed E-state index contributed by atoms with van der Waals surface area (Å²) < 4.78 is 2.30. The summed E-state index contributed by atoms with van der Waals surface area (Å²) in [6.45, 7) is 10.7. The van der Waals surface area contributed by atoms with Crippen LogP contribution in [0.2, 0.25) is 0 Å². The van der Waals surface area contributed by atoms with E-state index in [1.807, 2.05) is 18.3 Å². The van der Waals surface area contributed by atoms with Crippen LogP contribution in [0.25, 0.3) is 5.69 Å². The molecule has 0 radical (unpaired) electrons. The standard InChI is InChI=1S/C22H24N2/c1-15-10-16(2)12-21(11-15)24-18(4)13-20(19(24)5)14-23-22-9-7-6-8-17(22)3/h6-14H,1-5H3. The van der Waals surface area contributed by atoms with Crippen LogP contribution in [0.3, 0.4) is 0 Å². The summed E-state index contributed by atoms with van der Waals surface area (Å²) >= 11 is 0. The lowest BCUT2D eigenvalue weighted by atomic mass is 10.1. The number of nitrogens with zero attached hydrogens (tertiary/aromatic N) is 2. The molecule has 122 valence electrons. The van der Waals surface area contributed by atoms with Crippen LogP contribution in [-0.2, 0) is 0 Å². The van der Waals surface area contributed by atoms with E-state index in [9.17, 15) is 0 Å². The number of aliphatic imine (C=N–C) groups is 1. The second kappa shape index (κ2) is 6.48. The zero-order valence-corrected chi connectivity index (χ0v) is 15.1. The van der Waals surface area contributed by atoms with Gasteiger partial charge < -0.3 is 4.57 Å². The lowest BCUT2D eigenvalue weighted by molar-refractivity contribution is 0.960. The summed E-state index contributed by atoms with van der Waals surface area (Å²) in [6.07, 6.45) is 1.98. The Morgan fingerprint density at radius 3 is 2.17 bits per heavy atom. The molecule has 0 aliphatic carbocycles. The van der Waals surface area contributed by atoms with Crippen LogP contribution >= 0.6 is 0 Å². The van der Waals surface area contributed by atoms with E-state index in [0.717, 1.165) is 11.3 Å². The number of hydrogen-bond acceptors (Lipinski definition) is 1. The number of rotatable bonds is 3. The Morgan fingerprint density at radius 1 is 0.833 bits per heavy atom. The van der Waals surface area contributed by atoms with Crippen molar-refractivity contribution in [2.45, 2.75) is 34.6 Å². The van der Waals surface area contributed by atoms with Gasteiger partial charge in [-0.05, 0) is 75.6 Å². The molecule has 0 N–H and O–H groups in total. The Morgan fingerprint density at radius 2 is 1.50 bits per heavy atom. The Labute approximate surface area is 144 Å². The van der Waals surface area contributed by atoms with Crippen LogP contribution in [0.4, 0.5) is 5.69 Å². The van der Waals surface area contributed by atoms with Gasteiger partial charge in [0.2, 0.25) is 0 Å². The summed E-state index contributed by atoms with van der Waals surface area (Å²) in [4.78, 5) is 4.68.